The van der Waals surface area contributed by atoms with Crippen molar-refractivity contribution in [2.75, 3.05) is 13.1 Å². The molecule has 3 heterocycles. The summed E-state index contributed by atoms with van der Waals surface area (Å²) >= 11 is 5.86. The highest BCUT2D eigenvalue weighted by molar-refractivity contribution is 6.28. The lowest BCUT2D eigenvalue weighted by molar-refractivity contribution is -0.130. The van der Waals surface area contributed by atoms with Crippen molar-refractivity contribution < 1.29 is 4.79 Å². The second-order valence-electron chi connectivity index (χ2n) is 5.30. The van der Waals surface area contributed by atoms with E-state index in [0.29, 0.717) is 24.3 Å². The monoisotopic (exact) mass is 309 g/mol. The highest BCUT2D eigenvalue weighted by Crippen LogP contribution is 2.24. The fourth-order valence-electron chi connectivity index (χ4n) is 2.88. The average Bonchev–Trinajstić information content (AvgIpc) is 2.70. The molecule has 0 atom stereocenters. The van der Waals surface area contributed by atoms with Gasteiger partial charge in [-0.1, -0.05) is 0 Å². The molecule has 8 heteroatoms. The Hall–Kier alpha value is -1.89. The Kier molecular flexibility index (Phi) is 3.44. The lowest BCUT2D eigenvalue weighted by atomic mass is 10.0. The summed E-state index contributed by atoms with van der Waals surface area (Å²) in [4.78, 5) is 33.8. The Morgan fingerprint density at radius 3 is 2.67 bits per heavy atom. The molecule has 2 aromatic rings. The van der Waals surface area contributed by atoms with Gasteiger partial charge in [0.2, 0.25) is 11.2 Å². The molecule has 0 spiro atoms. The molecule has 1 aliphatic rings. The van der Waals surface area contributed by atoms with Crippen LogP contribution >= 0.6 is 11.6 Å². The molecule has 1 saturated heterocycles. The van der Waals surface area contributed by atoms with E-state index in [1.807, 2.05) is 0 Å². The topological polar surface area (TPSA) is 73.0 Å². The number of aromatic nitrogens is 4. The number of fused-ring (bicyclic) bond motifs is 1. The third-order valence-electron chi connectivity index (χ3n) is 4.08. The van der Waals surface area contributed by atoms with Crippen LogP contribution in [0.5, 0.6) is 0 Å². The van der Waals surface area contributed by atoms with Crippen molar-refractivity contribution >= 4 is 28.7 Å². The number of halogens is 1. The molecule has 1 fully saturated rings. The van der Waals surface area contributed by atoms with Gasteiger partial charge >= 0.3 is 5.69 Å². The number of carbonyl (C=O) groups is 1. The minimum absolute atomic E-state index is 0.0303. The number of rotatable bonds is 1. The SMILES string of the molecule is CC(=O)N1CCC(n2c(=O)n(C)c3cnc(Cl)nc32)CC1. The molecular formula is C13H16ClN5O2. The Morgan fingerprint density at radius 2 is 2.05 bits per heavy atom. The fraction of sp³-hybridized carbons (Fsp3) is 0.538. The zero-order valence-electron chi connectivity index (χ0n) is 11.9. The van der Waals surface area contributed by atoms with Gasteiger partial charge in [-0.05, 0) is 24.4 Å². The van der Waals surface area contributed by atoms with Crippen molar-refractivity contribution in [1.82, 2.24) is 24.0 Å². The fourth-order valence-corrected chi connectivity index (χ4v) is 3.01. The average molecular weight is 310 g/mol. The van der Waals surface area contributed by atoms with E-state index < -0.39 is 0 Å². The first-order valence-corrected chi connectivity index (χ1v) is 7.22. The van der Waals surface area contributed by atoms with Gasteiger partial charge in [0.25, 0.3) is 0 Å². The lowest BCUT2D eigenvalue weighted by Gasteiger charge is -2.31. The second kappa shape index (κ2) is 5.14. The van der Waals surface area contributed by atoms with Crippen LogP contribution in [-0.4, -0.2) is 43.0 Å². The standard InChI is InChI=1S/C13H16ClN5O2/c1-8(20)18-5-3-9(4-6-18)19-11-10(17(2)13(19)21)7-15-12(14)16-11/h7,9H,3-6H2,1-2H3. The molecule has 0 unspecified atom stereocenters. The van der Waals surface area contributed by atoms with Crippen molar-refractivity contribution in [3.8, 4) is 0 Å². The van der Waals surface area contributed by atoms with Crippen molar-refractivity contribution in [3.05, 3.63) is 22.0 Å². The predicted molar refractivity (Wildman–Crippen MR) is 78.3 cm³/mol. The largest absolute Gasteiger partial charge is 0.343 e. The quantitative estimate of drug-likeness (QED) is 0.736. The third-order valence-corrected chi connectivity index (χ3v) is 4.26. The zero-order chi connectivity index (χ0) is 15.1. The van der Waals surface area contributed by atoms with Crippen LogP contribution in [0.4, 0.5) is 0 Å². The van der Waals surface area contributed by atoms with Gasteiger partial charge in [-0.15, -0.1) is 0 Å². The van der Waals surface area contributed by atoms with Gasteiger partial charge in [0.05, 0.1) is 6.20 Å². The van der Waals surface area contributed by atoms with Crippen LogP contribution in [-0.2, 0) is 11.8 Å². The lowest BCUT2D eigenvalue weighted by Crippen LogP contribution is -2.39. The van der Waals surface area contributed by atoms with Gasteiger partial charge in [-0.25, -0.2) is 9.78 Å². The summed E-state index contributed by atoms with van der Waals surface area (Å²) in [5, 5.41) is 0.128. The van der Waals surface area contributed by atoms with Gasteiger partial charge in [0.15, 0.2) is 5.65 Å². The maximum atomic E-state index is 12.4. The first-order chi connectivity index (χ1) is 9.99. The first kappa shape index (κ1) is 14.1. The molecular weight excluding hydrogens is 294 g/mol. The minimum Gasteiger partial charge on any atom is -0.343 e. The maximum absolute atomic E-state index is 12.4. The van der Waals surface area contributed by atoms with Crippen LogP contribution < -0.4 is 5.69 Å². The Balaban J connectivity index is 2.01. The van der Waals surface area contributed by atoms with Crippen molar-refractivity contribution in [1.29, 1.82) is 0 Å². The molecule has 112 valence electrons. The highest BCUT2D eigenvalue weighted by Gasteiger charge is 2.26. The van der Waals surface area contributed by atoms with Crippen molar-refractivity contribution in [2.24, 2.45) is 7.05 Å². The maximum Gasteiger partial charge on any atom is 0.330 e. The van der Waals surface area contributed by atoms with E-state index in [0.717, 1.165) is 12.8 Å². The summed E-state index contributed by atoms with van der Waals surface area (Å²) < 4.78 is 3.21. The number of aryl methyl sites for hydroxylation is 1. The second-order valence-corrected chi connectivity index (χ2v) is 5.63. The van der Waals surface area contributed by atoms with Crippen LogP contribution in [0.25, 0.3) is 11.2 Å². The van der Waals surface area contributed by atoms with Crippen LogP contribution in [0.1, 0.15) is 25.8 Å². The molecule has 7 nitrogen and oxygen atoms in total. The zero-order valence-corrected chi connectivity index (χ0v) is 12.7. The van der Waals surface area contributed by atoms with Gasteiger partial charge in [0, 0.05) is 33.1 Å². The molecule has 0 aliphatic carbocycles. The number of piperidine rings is 1. The Labute approximate surface area is 126 Å². The van der Waals surface area contributed by atoms with Crippen LogP contribution in [0.15, 0.2) is 11.0 Å². The number of imidazole rings is 1. The van der Waals surface area contributed by atoms with E-state index in [1.54, 1.807) is 29.6 Å². The number of amides is 1. The smallest absolute Gasteiger partial charge is 0.330 e. The van der Waals surface area contributed by atoms with E-state index in [4.69, 9.17) is 11.6 Å². The molecule has 0 saturated carbocycles. The number of nitrogens with zero attached hydrogens (tertiary/aromatic N) is 5. The summed E-state index contributed by atoms with van der Waals surface area (Å²) in [7, 11) is 1.70. The summed E-state index contributed by atoms with van der Waals surface area (Å²) in [6.07, 6.45) is 3.04. The molecule has 2 aromatic heterocycles. The van der Waals surface area contributed by atoms with E-state index >= 15 is 0 Å². The van der Waals surface area contributed by atoms with Gasteiger partial charge in [0.1, 0.15) is 5.52 Å². The van der Waals surface area contributed by atoms with E-state index in [2.05, 4.69) is 9.97 Å². The van der Waals surface area contributed by atoms with Crippen molar-refractivity contribution in [3.63, 3.8) is 0 Å². The molecule has 3 rings (SSSR count). The molecule has 0 bridgehead atoms. The summed E-state index contributed by atoms with van der Waals surface area (Å²) in [5.41, 5.74) is 1.10. The number of carbonyl (C=O) groups excluding carboxylic acids is 1. The van der Waals surface area contributed by atoms with E-state index in [-0.39, 0.29) is 22.9 Å². The van der Waals surface area contributed by atoms with Crippen molar-refractivity contribution in [2.45, 2.75) is 25.8 Å². The van der Waals surface area contributed by atoms with E-state index in [1.165, 1.54) is 4.57 Å². The molecule has 21 heavy (non-hydrogen) atoms. The molecule has 1 aliphatic heterocycles. The van der Waals surface area contributed by atoms with Gasteiger partial charge in [-0.3, -0.25) is 13.9 Å². The number of hydrogen-bond acceptors (Lipinski definition) is 4. The highest BCUT2D eigenvalue weighted by atomic mass is 35.5. The molecule has 1 amide bonds. The minimum atomic E-state index is -0.122. The first-order valence-electron chi connectivity index (χ1n) is 6.84. The summed E-state index contributed by atoms with van der Waals surface area (Å²) in [5.74, 6) is 0.0732. The Bertz CT molecular complexity index is 758. The third kappa shape index (κ3) is 2.31. The summed E-state index contributed by atoms with van der Waals surface area (Å²) in [6, 6.07) is 0.0303. The predicted octanol–water partition coefficient (Wildman–Crippen LogP) is 0.967. The number of likely N-dealkylation sites (tertiary alicyclic amines) is 1. The normalized spacial score (nSPS) is 16.6. The number of hydrogen-bond donors (Lipinski definition) is 0. The molecule has 0 aromatic carbocycles. The van der Waals surface area contributed by atoms with Gasteiger partial charge in [-0.2, -0.15) is 4.98 Å². The van der Waals surface area contributed by atoms with E-state index in [9.17, 15) is 9.59 Å². The van der Waals surface area contributed by atoms with Gasteiger partial charge < -0.3 is 4.90 Å². The summed E-state index contributed by atoms with van der Waals surface area (Å²) in [6.45, 7) is 2.88. The van der Waals surface area contributed by atoms with Crippen LogP contribution in [0.3, 0.4) is 0 Å². The molecule has 0 radical (unpaired) electrons. The Morgan fingerprint density at radius 1 is 1.38 bits per heavy atom. The molecule has 0 N–H and O–H groups in total. The van der Waals surface area contributed by atoms with Crippen LogP contribution in [0, 0.1) is 0 Å². The van der Waals surface area contributed by atoms with Crippen LogP contribution in [0.2, 0.25) is 5.28 Å².